The van der Waals surface area contributed by atoms with E-state index < -0.39 is 0 Å². The first-order valence-corrected chi connectivity index (χ1v) is 6.88. The highest BCUT2D eigenvalue weighted by Gasteiger charge is 2.08. The van der Waals surface area contributed by atoms with Gasteiger partial charge in [0.1, 0.15) is 5.75 Å². The highest BCUT2D eigenvalue weighted by atomic mass is 16.5. The lowest BCUT2D eigenvalue weighted by molar-refractivity contribution is -0.118. The summed E-state index contributed by atoms with van der Waals surface area (Å²) in [5.74, 6) is -0.145. The molecule has 116 valence electrons. The molecule has 0 aliphatic rings. The van der Waals surface area contributed by atoms with E-state index in [0.717, 1.165) is 0 Å². The summed E-state index contributed by atoms with van der Waals surface area (Å²) < 4.78 is 5.44. The molecule has 0 atom stereocenters. The molecular formula is C17H15N3O3. The van der Waals surface area contributed by atoms with Crippen LogP contribution in [0, 0.1) is 11.3 Å². The molecule has 2 aromatic rings. The van der Waals surface area contributed by atoms with Crippen molar-refractivity contribution in [3.05, 3.63) is 54.1 Å². The van der Waals surface area contributed by atoms with Gasteiger partial charge in [-0.1, -0.05) is 12.1 Å². The van der Waals surface area contributed by atoms with E-state index >= 15 is 0 Å². The molecule has 2 rings (SSSR count). The van der Waals surface area contributed by atoms with E-state index in [1.807, 2.05) is 6.07 Å². The zero-order valence-electron chi connectivity index (χ0n) is 12.5. The lowest BCUT2D eigenvalue weighted by Gasteiger charge is -2.11. The normalized spacial score (nSPS) is 9.57. The molecule has 0 aliphatic carbocycles. The van der Waals surface area contributed by atoms with Crippen LogP contribution < -0.4 is 15.4 Å². The van der Waals surface area contributed by atoms with Crippen molar-refractivity contribution < 1.29 is 14.3 Å². The predicted octanol–water partition coefficient (Wildman–Crippen LogP) is 2.53. The van der Waals surface area contributed by atoms with Gasteiger partial charge >= 0.3 is 0 Å². The van der Waals surface area contributed by atoms with Crippen LogP contribution in [0.3, 0.4) is 0 Å². The molecule has 2 N–H and O–H groups in total. The van der Waals surface area contributed by atoms with Crippen molar-refractivity contribution in [2.24, 2.45) is 0 Å². The number of carbonyl (C=O) groups is 2. The molecule has 0 spiro atoms. The smallest absolute Gasteiger partial charge is 0.262 e. The van der Waals surface area contributed by atoms with Crippen LogP contribution in [-0.4, -0.2) is 18.4 Å². The van der Waals surface area contributed by atoms with Gasteiger partial charge in [-0.2, -0.15) is 5.26 Å². The van der Waals surface area contributed by atoms with Crippen LogP contribution >= 0.6 is 0 Å². The minimum absolute atomic E-state index is 0.198. The topological polar surface area (TPSA) is 91.2 Å². The number of carbonyl (C=O) groups excluding carboxylic acids is 2. The number of rotatable bonds is 5. The van der Waals surface area contributed by atoms with Crippen molar-refractivity contribution in [2.45, 2.75) is 6.92 Å². The summed E-state index contributed by atoms with van der Waals surface area (Å²) in [6, 6.07) is 15.4. The fourth-order valence-electron chi connectivity index (χ4n) is 1.85. The zero-order chi connectivity index (χ0) is 16.7. The molecule has 2 amide bonds. The summed E-state index contributed by atoms with van der Waals surface area (Å²) in [6.07, 6.45) is 0. The average molecular weight is 309 g/mol. The molecule has 0 fully saturated rings. The number of amides is 2. The summed E-state index contributed by atoms with van der Waals surface area (Å²) in [6.45, 7) is 1.20. The van der Waals surface area contributed by atoms with Crippen LogP contribution in [0.1, 0.15) is 12.5 Å². The molecule has 0 heterocycles. The highest BCUT2D eigenvalue weighted by Crippen LogP contribution is 2.23. The predicted molar refractivity (Wildman–Crippen MR) is 86.0 cm³/mol. The molecule has 0 saturated carbocycles. The maximum absolute atomic E-state index is 11.9. The molecular weight excluding hydrogens is 294 g/mol. The van der Waals surface area contributed by atoms with Crippen LogP contribution in [0.25, 0.3) is 0 Å². The van der Waals surface area contributed by atoms with Crippen molar-refractivity contribution in [2.75, 3.05) is 17.2 Å². The van der Waals surface area contributed by atoms with E-state index in [0.29, 0.717) is 22.7 Å². The second-order valence-electron chi connectivity index (χ2n) is 4.70. The Morgan fingerprint density at radius 3 is 2.43 bits per heavy atom. The van der Waals surface area contributed by atoms with Crippen molar-refractivity contribution >= 4 is 23.2 Å². The van der Waals surface area contributed by atoms with E-state index in [-0.39, 0.29) is 18.4 Å². The van der Waals surface area contributed by atoms with Gasteiger partial charge < -0.3 is 15.4 Å². The van der Waals surface area contributed by atoms with Crippen molar-refractivity contribution in [3.8, 4) is 11.8 Å². The number of nitriles is 1. The number of benzene rings is 2. The summed E-state index contributed by atoms with van der Waals surface area (Å²) in [5, 5.41) is 14.0. The van der Waals surface area contributed by atoms with Crippen molar-refractivity contribution in [1.29, 1.82) is 5.26 Å². The molecule has 0 bridgehead atoms. The third-order valence-corrected chi connectivity index (χ3v) is 2.85. The third-order valence-electron chi connectivity index (χ3n) is 2.85. The van der Waals surface area contributed by atoms with Gasteiger partial charge in [-0.05, 0) is 36.4 Å². The van der Waals surface area contributed by atoms with Gasteiger partial charge in [0, 0.05) is 12.6 Å². The molecule has 0 aliphatic heterocycles. The first-order chi connectivity index (χ1) is 11.1. The van der Waals surface area contributed by atoms with E-state index in [2.05, 4.69) is 10.6 Å². The van der Waals surface area contributed by atoms with E-state index in [1.165, 1.54) is 6.92 Å². The van der Waals surface area contributed by atoms with Crippen LogP contribution in [0.2, 0.25) is 0 Å². The molecule has 2 aromatic carbocycles. The van der Waals surface area contributed by atoms with Crippen molar-refractivity contribution in [3.63, 3.8) is 0 Å². The summed E-state index contributed by atoms with van der Waals surface area (Å²) in [5.41, 5.74) is 1.60. The largest absolute Gasteiger partial charge is 0.482 e. The Bertz CT molecular complexity index is 748. The van der Waals surface area contributed by atoms with Crippen LogP contribution in [0.15, 0.2) is 48.5 Å². The molecule has 0 radical (unpaired) electrons. The molecule has 23 heavy (non-hydrogen) atoms. The summed E-state index contributed by atoms with van der Waals surface area (Å²) in [7, 11) is 0. The second-order valence-corrected chi connectivity index (χ2v) is 4.70. The SMILES string of the molecule is CC(=O)Nc1ccccc1OCC(=O)Nc1ccc(C#N)cc1. The maximum Gasteiger partial charge on any atom is 0.262 e. The summed E-state index contributed by atoms with van der Waals surface area (Å²) in [4.78, 5) is 23.0. The first-order valence-electron chi connectivity index (χ1n) is 6.88. The lowest BCUT2D eigenvalue weighted by atomic mass is 10.2. The standard InChI is InChI=1S/C17H15N3O3/c1-12(21)19-15-4-2-3-5-16(15)23-11-17(22)20-14-8-6-13(10-18)7-9-14/h2-9H,11H2,1H3,(H,19,21)(H,20,22). The van der Waals surface area contributed by atoms with E-state index in [4.69, 9.17) is 10.00 Å². The number of hydrogen-bond acceptors (Lipinski definition) is 4. The Balaban J connectivity index is 1.94. The number of nitrogens with one attached hydrogen (secondary N) is 2. The second kappa shape index (κ2) is 7.61. The van der Waals surface area contributed by atoms with Crippen LogP contribution in [-0.2, 0) is 9.59 Å². The Kier molecular flexibility index (Phi) is 5.31. The monoisotopic (exact) mass is 309 g/mol. The van der Waals surface area contributed by atoms with Crippen LogP contribution in [0.5, 0.6) is 5.75 Å². The Hall–Kier alpha value is -3.33. The van der Waals surface area contributed by atoms with E-state index in [1.54, 1.807) is 48.5 Å². The van der Waals surface area contributed by atoms with Crippen molar-refractivity contribution in [1.82, 2.24) is 0 Å². The maximum atomic E-state index is 11.9. The first kappa shape index (κ1) is 16.0. The fourth-order valence-corrected chi connectivity index (χ4v) is 1.85. The quantitative estimate of drug-likeness (QED) is 0.888. The molecule has 6 nitrogen and oxygen atoms in total. The van der Waals surface area contributed by atoms with Gasteiger partial charge in [-0.25, -0.2) is 0 Å². The van der Waals surface area contributed by atoms with Gasteiger partial charge in [0.05, 0.1) is 17.3 Å². The molecule has 0 aromatic heterocycles. The Morgan fingerprint density at radius 2 is 1.78 bits per heavy atom. The minimum Gasteiger partial charge on any atom is -0.482 e. The average Bonchev–Trinajstić information content (AvgIpc) is 2.54. The van der Waals surface area contributed by atoms with Gasteiger partial charge in [0.25, 0.3) is 5.91 Å². The van der Waals surface area contributed by atoms with E-state index in [9.17, 15) is 9.59 Å². The Labute approximate surface area is 133 Å². The number of ether oxygens (including phenoxy) is 1. The minimum atomic E-state index is -0.340. The van der Waals surface area contributed by atoms with Crippen LogP contribution in [0.4, 0.5) is 11.4 Å². The fraction of sp³-hybridized carbons (Fsp3) is 0.118. The van der Waals surface area contributed by atoms with Gasteiger partial charge in [0.15, 0.2) is 6.61 Å². The molecule has 0 unspecified atom stereocenters. The molecule has 0 saturated heterocycles. The van der Waals surface area contributed by atoms with Gasteiger partial charge in [-0.3, -0.25) is 9.59 Å². The Morgan fingerprint density at radius 1 is 1.09 bits per heavy atom. The van der Waals surface area contributed by atoms with Gasteiger partial charge in [0.2, 0.25) is 5.91 Å². The summed E-state index contributed by atoms with van der Waals surface area (Å²) >= 11 is 0. The highest BCUT2D eigenvalue weighted by molar-refractivity contribution is 5.92. The number of anilines is 2. The third kappa shape index (κ3) is 4.86. The number of hydrogen-bond donors (Lipinski definition) is 2. The zero-order valence-corrected chi connectivity index (χ0v) is 12.5. The number of para-hydroxylation sites is 2. The molecule has 6 heteroatoms. The number of nitrogens with zero attached hydrogens (tertiary/aromatic N) is 1. The lowest BCUT2D eigenvalue weighted by Crippen LogP contribution is -2.20. The van der Waals surface area contributed by atoms with Gasteiger partial charge in [-0.15, -0.1) is 0 Å².